The van der Waals surface area contributed by atoms with Gasteiger partial charge in [0, 0.05) is 5.92 Å². The van der Waals surface area contributed by atoms with E-state index in [4.69, 9.17) is 4.74 Å². The fourth-order valence-corrected chi connectivity index (χ4v) is 4.16. The minimum absolute atomic E-state index is 0.0699. The Morgan fingerprint density at radius 3 is 2.06 bits per heavy atom. The van der Waals surface area contributed by atoms with E-state index in [1.807, 2.05) is 36.4 Å². The molecule has 2 aliphatic carbocycles. The summed E-state index contributed by atoms with van der Waals surface area (Å²) in [5.74, 6) is -1.92. The molecule has 31 heavy (non-hydrogen) atoms. The number of rotatable bonds is 7. The van der Waals surface area contributed by atoms with Crippen LogP contribution >= 0.6 is 0 Å². The zero-order valence-electron chi connectivity index (χ0n) is 17.6. The number of ether oxygens (including phenoxy) is 1. The molecule has 2 aromatic carbocycles. The fraction of sp³-hybridized carbons (Fsp3) is 0.375. The summed E-state index contributed by atoms with van der Waals surface area (Å²) in [7, 11) is 0. The van der Waals surface area contributed by atoms with Gasteiger partial charge in [-0.3, -0.25) is 4.79 Å². The van der Waals surface area contributed by atoms with E-state index in [1.165, 1.54) is 0 Å². The van der Waals surface area contributed by atoms with E-state index in [-0.39, 0.29) is 18.4 Å². The number of carbonyl (C=O) groups is 3. The van der Waals surface area contributed by atoms with Crippen molar-refractivity contribution >= 4 is 18.0 Å². The molecule has 0 bridgehead atoms. The average Bonchev–Trinajstić information content (AvgIpc) is 3.45. The number of carboxylic acid groups (broad SMARTS) is 1. The van der Waals surface area contributed by atoms with Crippen LogP contribution in [0.4, 0.5) is 4.79 Å². The van der Waals surface area contributed by atoms with Crippen LogP contribution in [0.2, 0.25) is 0 Å². The van der Waals surface area contributed by atoms with Crippen LogP contribution in [-0.4, -0.2) is 41.3 Å². The molecule has 0 spiro atoms. The van der Waals surface area contributed by atoms with Crippen LogP contribution in [0.1, 0.15) is 43.7 Å². The van der Waals surface area contributed by atoms with Crippen molar-refractivity contribution < 1.29 is 24.2 Å². The van der Waals surface area contributed by atoms with Crippen molar-refractivity contribution in [3.8, 4) is 11.1 Å². The largest absolute Gasteiger partial charge is 0.480 e. The van der Waals surface area contributed by atoms with Crippen molar-refractivity contribution in [2.45, 2.75) is 44.2 Å². The van der Waals surface area contributed by atoms with Gasteiger partial charge in [-0.25, -0.2) is 9.59 Å². The second-order valence-corrected chi connectivity index (χ2v) is 8.57. The molecule has 0 radical (unpaired) electrons. The molecular weight excluding hydrogens is 396 g/mol. The lowest BCUT2D eigenvalue weighted by Gasteiger charge is -2.23. The first-order chi connectivity index (χ1) is 14.8. The summed E-state index contributed by atoms with van der Waals surface area (Å²) >= 11 is 0. The molecule has 0 aliphatic heterocycles. The third kappa shape index (κ3) is 4.00. The first-order valence-corrected chi connectivity index (χ1v) is 10.5. The topological polar surface area (TPSA) is 105 Å². The van der Waals surface area contributed by atoms with Crippen LogP contribution in [0.15, 0.2) is 48.5 Å². The van der Waals surface area contributed by atoms with Gasteiger partial charge in [-0.2, -0.15) is 0 Å². The Bertz CT molecular complexity index is 983. The van der Waals surface area contributed by atoms with Gasteiger partial charge in [-0.1, -0.05) is 62.4 Å². The van der Waals surface area contributed by atoms with Gasteiger partial charge in [0.25, 0.3) is 0 Å². The van der Waals surface area contributed by atoms with E-state index in [2.05, 4.69) is 22.8 Å². The second-order valence-electron chi connectivity index (χ2n) is 8.57. The SMILES string of the molecule is CC(C)[C@@H](NC(=O)C1(NC(=O)OCC2c3ccccc3-c3ccccc32)CC1)C(=O)O. The Kier molecular flexibility index (Phi) is 5.43. The van der Waals surface area contributed by atoms with Gasteiger partial charge < -0.3 is 20.5 Å². The number of benzene rings is 2. The van der Waals surface area contributed by atoms with Crippen molar-refractivity contribution in [2.24, 2.45) is 5.92 Å². The average molecular weight is 422 g/mol. The normalized spacial score (nSPS) is 16.7. The Labute approximate surface area is 180 Å². The summed E-state index contributed by atoms with van der Waals surface area (Å²) in [6.45, 7) is 3.59. The summed E-state index contributed by atoms with van der Waals surface area (Å²) < 4.78 is 5.52. The maximum Gasteiger partial charge on any atom is 0.408 e. The number of hydrogen-bond donors (Lipinski definition) is 3. The van der Waals surface area contributed by atoms with Gasteiger partial charge in [0.1, 0.15) is 18.2 Å². The first-order valence-electron chi connectivity index (χ1n) is 10.5. The Hall–Kier alpha value is -3.35. The zero-order valence-corrected chi connectivity index (χ0v) is 17.6. The summed E-state index contributed by atoms with van der Waals surface area (Å²) in [6.07, 6.45) is 0.229. The molecule has 0 heterocycles. The Balaban J connectivity index is 1.40. The van der Waals surface area contributed by atoms with Gasteiger partial charge in [-0.15, -0.1) is 0 Å². The summed E-state index contributed by atoms with van der Waals surface area (Å²) in [6, 6.07) is 15.1. The van der Waals surface area contributed by atoms with Gasteiger partial charge >= 0.3 is 12.1 Å². The van der Waals surface area contributed by atoms with Crippen LogP contribution in [0, 0.1) is 5.92 Å². The van der Waals surface area contributed by atoms with E-state index >= 15 is 0 Å². The molecule has 162 valence electrons. The highest BCUT2D eigenvalue weighted by Crippen LogP contribution is 2.44. The number of alkyl carbamates (subject to hydrolysis) is 1. The molecule has 0 unspecified atom stereocenters. The predicted molar refractivity (Wildman–Crippen MR) is 115 cm³/mol. The molecule has 0 aromatic heterocycles. The maximum absolute atomic E-state index is 12.6. The minimum Gasteiger partial charge on any atom is -0.480 e. The highest BCUT2D eigenvalue weighted by Gasteiger charge is 2.52. The van der Waals surface area contributed by atoms with Crippen molar-refractivity contribution in [1.82, 2.24) is 10.6 Å². The van der Waals surface area contributed by atoms with Gasteiger partial charge in [0.2, 0.25) is 5.91 Å². The molecule has 0 saturated heterocycles. The molecule has 4 rings (SSSR count). The van der Waals surface area contributed by atoms with Crippen molar-refractivity contribution in [3.05, 3.63) is 59.7 Å². The third-order valence-electron chi connectivity index (χ3n) is 6.09. The molecular formula is C24H26N2O5. The highest BCUT2D eigenvalue weighted by molar-refractivity contribution is 5.95. The van der Waals surface area contributed by atoms with Crippen LogP contribution in [0.3, 0.4) is 0 Å². The van der Waals surface area contributed by atoms with Crippen molar-refractivity contribution in [3.63, 3.8) is 0 Å². The van der Waals surface area contributed by atoms with Crippen molar-refractivity contribution in [2.75, 3.05) is 6.61 Å². The predicted octanol–water partition coefficient (Wildman–Crippen LogP) is 3.28. The van der Waals surface area contributed by atoms with Crippen LogP contribution < -0.4 is 10.6 Å². The van der Waals surface area contributed by atoms with Gasteiger partial charge in [0.15, 0.2) is 0 Å². The molecule has 2 aliphatic rings. The van der Waals surface area contributed by atoms with Crippen LogP contribution in [0.25, 0.3) is 11.1 Å². The van der Waals surface area contributed by atoms with Gasteiger partial charge in [-0.05, 0) is 41.0 Å². The quantitative estimate of drug-likeness (QED) is 0.635. The summed E-state index contributed by atoms with van der Waals surface area (Å²) in [4.78, 5) is 36.5. The van der Waals surface area contributed by atoms with Gasteiger partial charge in [0.05, 0.1) is 0 Å². The smallest absolute Gasteiger partial charge is 0.408 e. The lowest BCUT2D eigenvalue weighted by molar-refractivity contribution is -0.143. The number of carbonyl (C=O) groups excluding carboxylic acids is 2. The maximum atomic E-state index is 12.6. The molecule has 1 saturated carbocycles. The number of nitrogens with one attached hydrogen (secondary N) is 2. The Morgan fingerprint density at radius 1 is 1.03 bits per heavy atom. The third-order valence-corrected chi connectivity index (χ3v) is 6.09. The summed E-state index contributed by atoms with van der Waals surface area (Å²) in [5.41, 5.74) is 3.40. The lowest BCUT2D eigenvalue weighted by atomic mass is 9.98. The molecule has 7 heteroatoms. The summed E-state index contributed by atoms with van der Waals surface area (Å²) in [5, 5.41) is 14.5. The number of hydrogen-bond acceptors (Lipinski definition) is 4. The molecule has 3 N–H and O–H groups in total. The van der Waals surface area contributed by atoms with E-state index < -0.39 is 29.6 Å². The highest BCUT2D eigenvalue weighted by atomic mass is 16.5. The number of fused-ring (bicyclic) bond motifs is 3. The standard InChI is InChI=1S/C24H26N2O5/c1-14(2)20(21(27)28)25-22(29)24(11-12-24)26-23(30)31-13-19-17-9-5-3-7-15(17)16-8-4-6-10-18(16)19/h3-10,14,19-20H,11-13H2,1-2H3,(H,25,29)(H,26,30)(H,27,28)/t20-/m1/s1. The number of aliphatic carboxylic acids is 1. The number of amides is 2. The molecule has 1 fully saturated rings. The van der Waals surface area contributed by atoms with Crippen molar-refractivity contribution in [1.29, 1.82) is 0 Å². The zero-order chi connectivity index (χ0) is 22.2. The minimum atomic E-state index is -1.10. The molecule has 2 amide bonds. The molecule has 1 atom stereocenters. The molecule has 7 nitrogen and oxygen atoms in total. The molecule has 2 aromatic rings. The van der Waals surface area contributed by atoms with E-state index in [9.17, 15) is 19.5 Å². The van der Waals surface area contributed by atoms with Crippen LogP contribution in [0.5, 0.6) is 0 Å². The fourth-order valence-electron chi connectivity index (χ4n) is 4.16. The monoisotopic (exact) mass is 422 g/mol. The lowest BCUT2D eigenvalue weighted by Crippen LogP contribution is -2.54. The first kappa shape index (κ1) is 20.9. The van der Waals surface area contributed by atoms with E-state index in [0.717, 1.165) is 22.3 Å². The van der Waals surface area contributed by atoms with Crippen LogP contribution in [-0.2, 0) is 14.3 Å². The Morgan fingerprint density at radius 2 is 1.58 bits per heavy atom. The van der Waals surface area contributed by atoms with E-state index in [1.54, 1.807) is 13.8 Å². The van der Waals surface area contributed by atoms with E-state index in [0.29, 0.717) is 12.8 Å². The number of carboxylic acids is 1. The second kappa shape index (κ2) is 8.06.